The van der Waals surface area contributed by atoms with Gasteiger partial charge in [0.05, 0.1) is 12.1 Å². The van der Waals surface area contributed by atoms with Crippen molar-refractivity contribution in [3.63, 3.8) is 0 Å². The van der Waals surface area contributed by atoms with Crippen molar-refractivity contribution in [2.75, 3.05) is 12.4 Å². The molecule has 2 heterocycles. The molecule has 3 atom stereocenters. The second kappa shape index (κ2) is 7.35. The van der Waals surface area contributed by atoms with Crippen molar-refractivity contribution >= 4 is 11.6 Å². The molecule has 1 amide bonds. The fourth-order valence-corrected chi connectivity index (χ4v) is 4.62. The highest BCUT2D eigenvalue weighted by atomic mass is 16.2. The lowest BCUT2D eigenvalue weighted by Crippen LogP contribution is -2.50. The lowest BCUT2D eigenvalue weighted by Gasteiger charge is -2.44. The third kappa shape index (κ3) is 3.09. The van der Waals surface area contributed by atoms with E-state index in [2.05, 4.69) is 76.1 Å². The summed E-state index contributed by atoms with van der Waals surface area (Å²) in [6.07, 6.45) is 0. The maximum Gasteiger partial charge on any atom is 0.265 e. The van der Waals surface area contributed by atoms with E-state index in [0.717, 1.165) is 23.4 Å². The normalized spacial score (nSPS) is 22.4. The van der Waals surface area contributed by atoms with Gasteiger partial charge in [0.15, 0.2) is 0 Å². The highest BCUT2D eigenvalue weighted by molar-refractivity contribution is 5.98. The van der Waals surface area contributed by atoms with E-state index in [1.54, 1.807) is 0 Å². The number of rotatable bonds is 4. The first-order valence-corrected chi connectivity index (χ1v) is 10.00. The molecule has 3 unspecified atom stereocenters. The van der Waals surface area contributed by atoms with Gasteiger partial charge in [-0.05, 0) is 35.9 Å². The van der Waals surface area contributed by atoms with Gasteiger partial charge in [-0.3, -0.25) is 10.2 Å². The van der Waals surface area contributed by atoms with Gasteiger partial charge in [-0.1, -0.05) is 60.7 Å². The molecule has 0 spiro atoms. The quantitative estimate of drug-likeness (QED) is 0.555. The molecule has 5 heteroatoms. The van der Waals surface area contributed by atoms with Crippen LogP contribution in [0.25, 0.3) is 0 Å². The molecule has 0 radical (unpaired) electrons. The molecule has 0 aliphatic carbocycles. The summed E-state index contributed by atoms with van der Waals surface area (Å²) in [5, 5.41) is 6.94. The minimum atomic E-state index is -0.0819. The van der Waals surface area contributed by atoms with E-state index in [1.165, 1.54) is 16.7 Å². The van der Waals surface area contributed by atoms with Gasteiger partial charge in [-0.25, -0.2) is 5.43 Å². The minimum absolute atomic E-state index is 0.00969. The molecule has 146 valence electrons. The Bertz CT molecular complexity index is 1030. The van der Waals surface area contributed by atoms with Crippen LogP contribution in [0.5, 0.6) is 0 Å². The van der Waals surface area contributed by atoms with E-state index in [-0.39, 0.29) is 23.9 Å². The summed E-state index contributed by atoms with van der Waals surface area (Å²) < 4.78 is 0. The number of hydrogen-bond acceptors (Lipinski definition) is 4. The zero-order chi connectivity index (χ0) is 19.8. The van der Waals surface area contributed by atoms with Crippen LogP contribution >= 0.6 is 0 Å². The van der Waals surface area contributed by atoms with E-state index < -0.39 is 0 Å². The van der Waals surface area contributed by atoms with Crippen molar-refractivity contribution in [1.82, 2.24) is 16.2 Å². The summed E-state index contributed by atoms with van der Waals surface area (Å²) in [5.74, 6) is 0.0437. The van der Waals surface area contributed by atoms with E-state index in [4.69, 9.17) is 0 Å². The van der Waals surface area contributed by atoms with Gasteiger partial charge >= 0.3 is 0 Å². The maximum atomic E-state index is 12.4. The van der Waals surface area contributed by atoms with Crippen LogP contribution in [0.2, 0.25) is 0 Å². The molecule has 2 aliphatic heterocycles. The predicted molar refractivity (Wildman–Crippen MR) is 115 cm³/mol. The first kappa shape index (κ1) is 17.9. The lowest BCUT2D eigenvalue weighted by molar-refractivity contribution is 0.0899. The number of carbonyl (C=O) groups excluding carboxylic acids is 1. The molecule has 3 aromatic carbocycles. The van der Waals surface area contributed by atoms with Crippen molar-refractivity contribution in [3.05, 3.63) is 101 Å². The molecule has 2 aliphatic rings. The lowest BCUT2D eigenvalue weighted by atomic mass is 9.74. The van der Waals surface area contributed by atoms with Gasteiger partial charge in [-0.2, -0.15) is 0 Å². The summed E-state index contributed by atoms with van der Waals surface area (Å²) in [5.41, 5.74) is 12.7. The molecule has 5 rings (SSSR count). The van der Waals surface area contributed by atoms with Gasteiger partial charge in [-0.15, -0.1) is 0 Å². The fourth-order valence-electron chi connectivity index (χ4n) is 4.62. The minimum Gasteiger partial charge on any atom is -0.377 e. The predicted octanol–water partition coefficient (Wildman–Crippen LogP) is 3.65. The van der Waals surface area contributed by atoms with E-state index in [0.29, 0.717) is 0 Å². The zero-order valence-corrected chi connectivity index (χ0v) is 16.3. The van der Waals surface area contributed by atoms with Crippen molar-refractivity contribution in [1.29, 1.82) is 0 Å². The van der Waals surface area contributed by atoms with Gasteiger partial charge in [0.2, 0.25) is 0 Å². The van der Waals surface area contributed by atoms with Crippen molar-refractivity contribution in [3.8, 4) is 0 Å². The third-order valence-corrected chi connectivity index (χ3v) is 5.94. The average Bonchev–Trinajstić information content (AvgIpc) is 2.77. The molecule has 0 saturated carbocycles. The Kier molecular flexibility index (Phi) is 4.54. The van der Waals surface area contributed by atoms with E-state index >= 15 is 0 Å². The van der Waals surface area contributed by atoms with Gasteiger partial charge in [0, 0.05) is 29.3 Å². The number of carbonyl (C=O) groups is 1. The number of nitrogens with one attached hydrogen (secondary N) is 4. The SMILES string of the molecule is CNCc1ccc(C2Nc3cccc4c3C(NNC4=O)C2c2ccccc2)cc1. The highest BCUT2D eigenvalue weighted by Crippen LogP contribution is 2.50. The molecule has 0 aromatic heterocycles. The van der Waals surface area contributed by atoms with Crippen molar-refractivity contribution in [2.24, 2.45) is 0 Å². The van der Waals surface area contributed by atoms with Gasteiger partial charge < -0.3 is 10.6 Å². The molecule has 0 bridgehead atoms. The first-order valence-electron chi connectivity index (χ1n) is 10.00. The Labute approximate surface area is 170 Å². The van der Waals surface area contributed by atoms with Crippen molar-refractivity contribution < 1.29 is 4.79 Å². The van der Waals surface area contributed by atoms with Crippen LogP contribution < -0.4 is 21.5 Å². The van der Waals surface area contributed by atoms with Crippen LogP contribution in [0, 0.1) is 0 Å². The second-order valence-corrected chi connectivity index (χ2v) is 7.67. The Morgan fingerprint density at radius 2 is 1.66 bits per heavy atom. The van der Waals surface area contributed by atoms with Crippen molar-refractivity contribution in [2.45, 2.75) is 24.5 Å². The van der Waals surface area contributed by atoms with Crippen LogP contribution in [0.4, 0.5) is 5.69 Å². The Balaban J connectivity index is 1.64. The topological polar surface area (TPSA) is 65.2 Å². The number of hydrogen-bond donors (Lipinski definition) is 4. The molecule has 0 fully saturated rings. The van der Waals surface area contributed by atoms with Gasteiger partial charge in [0.1, 0.15) is 0 Å². The average molecular weight is 384 g/mol. The summed E-state index contributed by atoms with van der Waals surface area (Å²) in [4.78, 5) is 12.4. The largest absolute Gasteiger partial charge is 0.377 e. The zero-order valence-electron chi connectivity index (χ0n) is 16.3. The fraction of sp³-hybridized carbons (Fsp3) is 0.208. The first-order chi connectivity index (χ1) is 14.3. The standard InChI is InChI=1S/C24H24N4O/c1-25-14-15-10-12-17(13-11-15)22-20(16-6-3-2-4-7-16)23-21-18(24(29)28-27-23)8-5-9-19(21)26-22/h2-13,20,22-23,25-27H,14H2,1H3,(H,28,29). The smallest absolute Gasteiger partial charge is 0.265 e. The molecular weight excluding hydrogens is 360 g/mol. The molecule has 3 aromatic rings. The summed E-state index contributed by atoms with van der Waals surface area (Å²) >= 11 is 0. The van der Waals surface area contributed by atoms with E-state index in [1.807, 2.05) is 25.2 Å². The van der Waals surface area contributed by atoms with Crippen LogP contribution in [-0.4, -0.2) is 13.0 Å². The van der Waals surface area contributed by atoms with E-state index in [9.17, 15) is 4.79 Å². The molecule has 5 nitrogen and oxygen atoms in total. The van der Waals surface area contributed by atoms with Crippen LogP contribution in [0.15, 0.2) is 72.8 Å². The third-order valence-electron chi connectivity index (χ3n) is 5.94. The van der Waals surface area contributed by atoms with Gasteiger partial charge in [0.25, 0.3) is 5.91 Å². The molecule has 4 N–H and O–H groups in total. The van der Waals surface area contributed by atoms with Crippen LogP contribution in [0.3, 0.4) is 0 Å². The molecule has 0 saturated heterocycles. The Morgan fingerprint density at radius 3 is 2.41 bits per heavy atom. The second-order valence-electron chi connectivity index (χ2n) is 7.67. The van der Waals surface area contributed by atoms with Crippen LogP contribution in [0.1, 0.15) is 50.6 Å². The van der Waals surface area contributed by atoms with Crippen LogP contribution in [-0.2, 0) is 6.54 Å². The summed E-state index contributed by atoms with van der Waals surface area (Å²) in [7, 11) is 1.96. The Morgan fingerprint density at radius 1 is 0.862 bits per heavy atom. The molecular formula is C24H24N4O. The highest BCUT2D eigenvalue weighted by Gasteiger charge is 2.42. The number of benzene rings is 3. The monoisotopic (exact) mass is 384 g/mol. The maximum absolute atomic E-state index is 12.4. The number of anilines is 1. The Hall–Kier alpha value is -3.15. The molecule has 29 heavy (non-hydrogen) atoms. The summed E-state index contributed by atoms with van der Waals surface area (Å²) in [6.45, 7) is 0.850. The number of hydrazine groups is 1. The summed E-state index contributed by atoms with van der Waals surface area (Å²) in [6, 6.07) is 25.3. The number of amides is 1.